The van der Waals surface area contributed by atoms with Gasteiger partial charge < -0.3 is 9.47 Å². The smallest absolute Gasteiger partial charge is 0.291 e. The lowest BCUT2D eigenvalue weighted by molar-refractivity contribution is 0.259. The number of unbranched alkanes of at least 4 members (excludes halogenated alkanes) is 3. The molecule has 0 bridgehead atoms. The average molecular weight is 474 g/mol. The van der Waals surface area contributed by atoms with Crippen LogP contribution in [0.15, 0.2) is 58.9 Å². The van der Waals surface area contributed by atoms with Crippen molar-refractivity contribution in [2.75, 3.05) is 6.61 Å². The van der Waals surface area contributed by atoms with Crippen LogP contribution < -0.4 is 19.6 Å². The van der Waals surface area contributed by atoms with Gasteiger partial charge >= 0.3 is 0 Å². The van der Waals surface area contributed by atoms with Crippen molar-refractivity contribution in [3.8, 4) is 22.9 Å². The molecule has 1 atom stereocenters. The summed E-state index contributed by atoms with van der Waals surface area (Å²) in [6.45, 7) is 4.91. The third-order valence-electron chi connectivity index (χ3n) is 5.87. The van der Waals surface area contributed by atoms with Crippen LogP contribution in [0.25, 0.3) is 28.5 Å². The van der Waals surface area contributed by atoms with E-state index in [0.717, 1.165) is 41.2 Å². The lowest BCUT2D eigenvalue weighted by atomic mass is 10.0. The fourth-order valence-electron chi connectivity index (χ4n) is 3.95. The molecule has 2 aromatic heterocycles. The number of benzene rings is 2. The van der Waals surface area contributed by atoms with E-state index in [9.17, 15) is 4.79 Å². The molecule has 0 saturated heterocycles. The van der Waals surface area contributed by atoms with Crippen molar-refractivity contribution < 1.29 is 9.47 Å². The van der Waals surface area contributed by atoms with E-state index in [1.807, 2.05) is 61.5 Å². The molecule has 7 heteroatoms. The van der Waals surface area contributed by atoms with Crippen LogP contribution in [0, 0.1) is 0 Å². The summed E-state index contributed by atoms with van der Waals surface area (Å²) in [5, 5.41) is 4.47. The van der Waals surface area contributed by atoms with Gasteiger partial charge in [0.15, 0.2) is 5.82 Å². The number of para-hydroxylation sites is 1. The molecule has 1 aliphatic heterocycles. The molecule has 0 amide bonds. The summed E-state index contributed by atoms with van der Waals surface area (Å²) in [5.41, 5.74) is 2.64. The summed E-state index contributed by atoms with van der Waals surface area (Å²) in [7, 11) is 0. The molecule has 0 radical (unpaired) electrons. The third-order valence-corrected chi connectivity index (χ3v) is 6.83. The molecule has 1 aliphatic rings. The topological polar surface area (TPSA) is 65.7 Å². The van der Waals surface area contributed by atoms with Crippen molar-refractivity contribution in [3.63, 3.8) is 0 Å². The van der Waals surface area contributed by atoms with Crippen LogP contribution in [0.5, 0.6) is 11.5 Å². The van der Waals surface area contributed by atoms with Gasteiger partial charge in [0.25, 0.3) is 5.56 Å². The second kappa shape index (κ2) is 9.81. The minimum Gasteiger partial charge on any atom is -0.494 e. The van der Waals surface area contributed by atoms with E-state index in [1.54, 1.807) is 0 Å². The van der Waals surface area contributed by atoms with Gasteiger partial charge in [0.05, 0.1) is 11.1 Å². The molecule has 1 unspecified atom stereocenters. The molecule has 0 saturated carbocycles. The number of hydrogen-bond acceptors (Lipinski definition) is 6. The molecular weight excluding hydrogens is 446 g/mol. The summed E-state index contributed by atoms with van der Waals surface area (Å²) in [6.07, 6.45) is 8.53. The van der Waals surface area contributed by atoms with Crippen molar-refractivity contribution >= 4 is 28.4 Å². The third kappa shape index (κ3) is 4.61. The maximum absolute atomic E-state index is 13.0. The Labute approximate surface area is 202 Å². The van der Waals surface area contributed by atoms with Crippen LogP contribution in [0.4, 0.5) is 0 Å². The van der Waals surface area contributed by atoms with Gasteiger partial charge in [-0.15, -0.1) is 5.10 Å². The minimum atomic E-state index is -0.169. The van der Waals surface area contributed by atoms with Crippen molar-refractivity contribution in [1.82, 2.24) is 14.6 Å². The Balaban J connectivity index is 1.35. The van der Waals surface area contributed by atoms with E-state index in [1.165, 1.54) is 35.1 Å². The molecule has 0 fully saturated rings. The molecule has 2 aromatic carbocycles. The summed E-state index contributed by atoms with van der Waals surface area (Å²) in [4.78, 5) is 18.2. The average Bonchev–Trinajstić information content (AvgIpc) is 3.39. The highest BCUT2D eigenvalue weighted by Gasteiger charge is 2.18. The van der Waals surface area contributed by atoms with E-state index in [4.69, 9.17) is 9.47 Å². The lowest BCUT2D eigenvalue weighted by Gasteiger charge is -2.22. The fourth-order valence-corrected chi connectivity index (χ4v) is 4.86. The monoisotopic (exact) mass is 473 g/mol. The summed E-state index contributed by atoms with van der Waals surface area (Å²) in [6, 6.07) is 15.6. The number of thiazole rings is 1. The van der Waals surface area contributed by atoms with Crippen LogP contribution in [-0.2, 0) is 0 Å². The second-order valence-corrected chi connectivity index (χ2v) is 9.43. The highest BCUT2D eigenvalue weighted by molar-refractivity contribution is 7.15. The molecule has 0 aliphatic carbocycles. The van der Waals surface area contributed by atoms with E-state index in [2.05, 4.69) is 23.1 Å². The van der Waals surface area contributed by atoms with Crippen molar-refractivity contribution in [1.29, 1.82) is 0 Å². The Bertz CT molecular complexity index is 1440. The first-order valence-electron chi connectivity index (χ1n) is 11.7. The number of rotatable bonds is 8. The van der Waals surface area contributed by atoms with E-state index in [-0.39, 0.29) is 11.7 Å². The van der Waals surface area contributed by atoms with Crippen LogP contribution in [0.2, 0.25) is 0 Å². The van der Waals surface area contributed by atoms with Gasteiger partial charge in [-0.25, -0.2) is 0 Å². The quantitative estimate of drug-likeness (QED) is 0.332. The zero-order chi connectivity index (χ0) is 23.5. The van der Waals surface area contributed by atoms with Crippen LogP contribution in [0.3, 0.4) is 0 Å². The predicted molar refractivity (Wildman–Crippen MR) is 136 cm³/mol. The zero-order valence-corrected chi connectivity index (χ0v) is 20.2. The van der Waals surface area contributed by atoms with Crippen LogP contribution >= 0.6 is 11.3 Å². The molecule has 0 N–H and O–H groups in total. The fraction of sp³-hybridized carbons (Fsp3) is 0.296. The molecular formula is C27H27N3O3S. The van der Waals surface area contributed by atoms with E-state index < -0.39 is 0 Å². The number of hydrogen-bond donors (Lipinski definition) is 0. The van der Waals surface area contributed by atoms with E-state index in [0.29, 0.717) is 15.3 Å². The molecule has 0 spiro atoms. The highest BCUT2D eigenvalue weighted by atomic mass is 32.1. The number of fused-ring (bicyclic) bond motifs is 2. The maximum Gasteiger partial charge on any atom is 0.291 e. The molecule has 5 rings (SSSR count). The first-order valence-corrected chi connectivity index (χ1v) is 12.6. The number of ether oxygens (including phenoxy) is 2. The highest BCUT2D eigenvalue weighted by Crippen LogP contribution is 2.29. The molecule has 174 valence electrons. The minimum absolute atomic E-state index is 0.139. The summed E-state index contributed by atoms with van der Waals surface area (Å²) in [5.74, 6) is 2.22. The Morgan fingerprint density at radius 2 is 1.94 bits per heavy atom. The number of nitrogens with zero attached hydrogens (tertiary/aromatic N) is 3. The Hall–Kier alpha value is -3.45. The van der Waals surface area contributed by atoms with Gasteiger partial charge in [-0.2, -0.15) is 9.50 Å². The predicted octanol–water partition coefficient (Wildman–Crippen LogP) is 5.14. The van der Waals surface area contributed by atoms with Crippen molar-refractivity contribution in [2.24, 2.45) is 0 Å². The molecule has 34 heavy (non-hydrogen) atoms. The first-order chi connectivity index (χ1) is 16.6. The van der Waals surface area contributed by atoms with Crippen molar-refractivity contribution in [3.05, 3.63) is 74.6 Å². The summed E-state index contributed by atoms with van der Waals surface area (Å²) >= 11 is 1.34. The number of aromatic nitrogens is 3. The first kappa shape index (κ1) is 22.3. The van der Waals surface area contributed by atoms with Crippen molar-refractivity contribution in [2.45, 2.75) is 45.6 Å². The zero-order valence-electron chi connectivity index (χ0n) is 19.4. The molecule has 3 heterocycles. The van der Waals surface area contributed by atoms with Gasteiger partial charge in [0.2, 0.25) is 4.96 Å². The van der Waals surface area contributed by atoms with Gasteiger partial charge in [0.1, 0.15) is 17.6 Å². The lowest BCUT2D eigenvalue weighted by Crippen LogP contribution is -2.26. The molecule has 4 aromatic rings. The SMILES string of the molecule is CCCCCCOc1ccc(-c2nc3sc(=CC4=Cc5ccccc5OC4C)c(=O)n3n2)cc1. The van der Waals surface area contributed by atoms with Gasteiger partial charge in [-0.1, -0.05) is 55.7 Å². The maximum atomic E-state index is 13.0. The van der Waals surface area contributed by atoms with E-state index >= 15 is 0 Å². The van der Waals surface area contributed by atoms with Gasteiger partial charge in [0, 0.05) is 11.1 Å². The standard InChI is InChI=1S/C27H27N3O3S/c1-3-4-5-8-15-32-22-13-11-19(12-14-22)25-28-27-30(29-25)26(31)24(34-27)17-21-16-20-9-6-7-10-23(20)33-18(21)2/h6-7,9-14,16-18H,3-5,8,15H2,1-2H3. The van der Waals surface area contributed by atoms with Gasteiger partial charge in [-0.05, 0) is 61.4 Å². The normalized spacial score (nSPS) is 15.8. The van der Waals surface area contributed by atoms with Gasteiger partial charge in [-0.3, -0.25) is 4.79 Å². The van der Waals surface area contributed by atoms with Crippen LogP contribution in [-0.4, -0.2) is 27.3 Å². The second-order valence-electron chi connectivity index (χ2n) is 8.42. The Morgan fingerprint density at radius 1 is 1.12 bits per heavy atom. The molecule has 6 nitrogen and oxygen atoms in total. The Kier molecular flexibility index (Phi) is 6.45. The van der Waals surface area contributed by atoms with Crippen LogP contribution in [0.1, 0.15) is 45.1 Å². The Morgan fingerprint density at radius 3 is 2.74 bits per heavy atom. The summed E-state index contributed by atoms with van der Waals surface area (Å²) < 4.78 is 13.8. The largest absolute Gasteiger partial charge is 0.494 e.